The Bertz CT molecular complexity index is 2420. The molecule has 2 heterocycles. The highest BCUT2D eigenvalue weighted by molar-refractivity contribution is 5.66. The smallest absolute Gasteiger partial charge is 0.303 e. The molecular weight excluding hydrogens is 929 g/mol. The standard InChI is InChI=1S/C60H68O13/c61-52(62)34-20-7-21-35-66-60-58(57(70-41-49-32-18-6-19-33-49)55(68-39-47-28-14-4-15-29-47)51(72-60)43-65-37-45-24-10-2-11-25-45)73-59-53(63)56(69-40-48-30-16-5-17-31-48)54(67-38-46-26-12-3-13-27-46)50(71-59)42-64-36-44-22-8-1-9-23-44/h1-6,8-19,22-33,50-51,53-60,63H,7,20-21,34-43H2,(H,61,62)/t50-,51-,53+,54-,55-,56-,57+,58+,59-,60+/m1/s1. The van der Waals surface area contributed by atoms with Crippen molar-refractivity contribution in [3.8, 4) is 0 Å². The van der Waals surface area contributed by atoms with Gasteiger partial charge in [-0.05, 0) is 46.2 Å². The minimum atomic E-state index is -1.41. The van der Waals surface area contributed by atoms with Crippen LogP contribution in [0.3, 0.4) is 0 Å². The van der Waals surface area contributed by atoms with Gasteiger partial charge in [-0.1, -0.05) is 188 Å². The molecule has 10 atom stereocenters. The summed E-state index contributed by atoms with van der Waals surface area (Å²) in [6.07, 6.45) is -8.19. The number of aliphatic hydroxyl groups is 1. The predicted octanol–water partition coefficient (Wildman–Crippen LogP) is 9.62. The highest BCUT2D eigenvalue weighted by atomic mass is 16.8. The third-order valence-electron chi connectivity index (χ3n) is 12.7. The first-order valence-corrected chi connectivity index (χ1v) is 25.3. The molecule has 0 aliphatic carbocycles. The zero-order chi connectivity index (χ0) is 50.3. The summed E-state index contributed by atoms with van der Waals surface area (Å²) in [5, 5.41) is 22.0. The molecular formula is C60H68O13. The first-order chi connectivity index (χ1) is 36.0. The van der Waals surface area contributed by atoms with E-state index in [0.29, 0.717) is 32.5 Å². The average molecular weight is 997 g/mol. The minimum absolute atomic E-state index is 0.0546. The highest BCUT2D eigenvalue weighted by Crippen LogP contribution is 2.36. The van der Waals surface area contributed by atoms with E-state index < -0.39 is 67.4 Å². The predicted molar refractivity (Wildman–Crippen MR) is 273 cm³/mol. The van der Waals surface area contributed by atoms with Crippen LogP contribution in [0.15, 0.2) is 182 Å². The van der Waals surface area contributed by atoms with Gasteiger partial charge < -0.3 is 57.6 Å². The van der Waals surface area contributed by atoms with Crippen LogP contribution in [0.4, 0.5) is 0 Å². The third kappa shape index (κ3) is 16.9. The van der Waals surface area contributed by atoms with Gasteiger partial charge in [0.1, 0.15) is 48.8 Å². The summed E-state index contributed by atoms with van der Waals surface area (Å²) in [6, 6.07) is 59.0. The SMILES string of the molecule is O=C(O)CCCCCO[C@H]1O[C@H](COCc2ccccc2)[C@@H](OCc2ccccc2)[C@H](OCc2ccccc2)[C@@H]1O[C@H]1O[C@H](COCc2ccccc2)[C@@H](OCc2ccccc2)[C@H](OCc2ccccc2)[C@@H]1O. The van der Waals surface area contributed by atoms with Gasteiger partial charge in [0.15, 0.2) is 12.6 Å². The van der Waals surface area contributed by atoms with E-state index in [-0.39, 0.29) is 52.7 Å². The number of carboxylic acid groups (broad SMARTS) is 1. The summed E-state index contributed by atoms with van der Waals surface area (Å²) >= 11 is 0. The normalized spacial score (nSPS) is 24.0. The van der Waals surface area contributed by atoms with Crippen molar-refractivity contribution >= 4 is 5.97 Å². The maximum absolute atomic E-state index is 12.7. The molecule has 0 amide bonds. The Morgan fingerprint density at radius 3 is 1.16 bits per heavy atom. The Balaban J connectivity index is 1.13. The van der Waals surface area contributed by atoms with Crippen molar-refractivity contribution in [1.29, 1.82) is 0 Å². The number of unbranched alkanes of at least 4 members (excludes halogenated alkanes) is 2. The molecule has 0 bridgehead atoms. The van der Waals surface area contributed by atoms with Crippen LogP contribution >= 0.6 is 0 Å². The maximum atomic E-state index is 12.7. The Kier molecular flexibility index (Phi) is 21.5. The van der Waals surface area contributed by atoms with Crippen LogP contribution in [-0.4, -0.2) is 97.4 Å². The van der Waals surface area contributed by atoms with E-state index >= 15 is 0 Å². The molecule has 2 fully saturated rings. The zero-order valence-electron chi connectivity index (χ0n) is 41.2. The van der Waals surface area contributed by atoms with E-state index in [9.17, 15) is 15.0 Å². The number of ether oxygens (including phenoxy) is 10. The molecule has 0 saturated carbocycles. The van der Waals surface area contributed by atoms with Crippen molar-refractivity contribution in [2.45, 2.75) is 127 Å². The summed E-state index contributed by atoms with van der Waals surface area (Å²) in [5.74, 6) is -0.850. The molecule has 0 aromatic heterocycles. The maximum Gasteiger partial charge on any atom is 0.303 e. The molecule has 73 heavy (non-hydrogen) atoms. The number of carboxylic acids is 1. The lowest BCUT2D eigenvalue weighted by Gasteiger charge is -2.49. The Labute approximate surface area is 428 Å². The van der Waals surface area contributed by atoms with Gasteiger partial charge in [0.05, 0.1) is 52.9 Å². The fourth-order valence-corrected chi connectivity index (χ4v) is 8.93. The van der Waals surface area contributed by atoms with Crippen LogP contribution in [0.2, 0.25) is 0 Å². The molecule has 13 heteroatoms. The summed E-state index contributed by atoms with van der Waals surface area (Å²) < 4.78 is 67.7. The summed E-state index contributed by atoms with van der Waals surface area (Å²) in [6.45, 7) is 1.81. The molecule has 13 nitrogen and oxygen atoms in total. The molecule has 2 aliphatic rings. The van der Waals surface area contributed by atoms with E-state index in [1.165, 1.54) is 0 Å². The van der Waals surface area contributed by atoms with E-state index in [4.69, 9.17) is 47.4 Å². The lowest BCUT2D eigenvalue weighted by atomic mass is 9.96. The van der Waals surface area contributed by atoms with E-state index in [1.807, 2.05) is 182 Å². The molecule has 6 aromatic rings. The second-order valence-electron chi connectivity index (χ2n) is 18.3. The average Bonchev–Trinajstić information content (AvgIpc) is 3.43. The lowest BCUT2D eigenvalue weighted by Crippen LogP contribution is -2.66. The minimum Gasteiger partial charge on any atom is -0.481 e. The van der Waals surface area contributed by atoms with Gasteiger partial charge in [0, 0.05) is 13.0 Å². The Morgan fingerprint density at radius 1 is 0.397 bits per heavy atom. The number of carbonyl (C=O) groups is 1. The third-order valence-corrected chi connectivity index (χ3v) is 12.7. The largest absolute Gasteiger partial charge is 0.481 e. The van der Waals surface area contributed by atoms with E-state index in [2.05, 4.69) is 0 Å². The molecule has 2 N–H and O–H groups in total. The number of hydrogen-bond acceptors (Lipinski definition) is 12. The van der Waals surface area contributed by atoms with Crippen molar-refractivity contribution in [2.75, 3.05) is 19.8 Å². The lowest BCUT2D eigenvalue weighted by molar-refractivity contribution is -0.379. The van der Waals surface area contributed by atoms with Crippen molar-refractivity contribution in [1.82, 2.24) is 0 Å². The Hall–Kier alpha value is -5.65. The van der Waals surface area contributed by atoms with Crippen LogP contribution in [0.25, 0.3) is 0 Å². The van der Waals surface area contributed by atoms with Crippen molar-refractivity contribution in [3.63, 3.8) is 0 Å². The van der Waals surface area contributed by atoms with Crippen LogP contribution < -0.4 is 0 Å². The number of hydrogen-bond donors (Lipinski definition) is 2. The van der Waals surface area contributed by atoms with Crippen molar-refractivity contribution in [2.24, 2.45) is 0 Å². The van der Waals surface area contributed by atoms with E-state index in [1.54, 1.807) is 0 Å². The number of aliphatic hydroxyl groups excluding tert-OH is 1. The topological polar surface area (TPSA) is 150 Å². The monoisotopic (exact) mass is 996 g/mol. The summed E-state index contributed by atoms with van der Waals surface area (Å²) in [5.41, 5.74) is 5.67. The summed E-state index contributed by atoms with van der Waals surface area (Å²) in [4.78, 5) is 11.4. The number of aliphatic carboxylic acids is 1. The second-order valence-corrected chi connectivity index (χ2v) is 18.3. The number of rotatable bonds is 29. The van der Waals surface area contributed by atoms with Crippen LogP contribution in [0, 0.1) is 0 Å². The van der Waals surface area contributed by atoms with Gasteiger partial charge in [-0.2, -0.15) is 0 Å². The fraction of sp³-hybridized carbons (Fsp3) is 0.383. The molecule has 0 unspecified atom stereocenters. The molecule has 6 aromatic carbocycles. The van der Waals surface area contributed by atoms with Gasteiger partial charge in [-0.15, -0.1) is 0 Å². The molecule has 0 spiro atoms. The van der Waals surface area contributed by atoms with Gasteiger partial charge >= 0.3 is 5.97 Å². The first kappa shape index (κ1) is 53.6. The first-order valence-electron chi connectivity index (χ1n) is 25.3. The molecule has 2 saturated heterocycles. The van der Waals surface area contributed by atoms with Crippen LogP contribution in [0.1, 0.15) is 59.1 Å². The van der Waals surface area contributed by atoms with Crippen LogP contribution in [0.5, 0.6) is 0 Å². The van der Waals surface area contributed by atoms with Gasteiger partial charge in [0.2, 0.25) is 0 Å². The molecule has 0 radical (unpaired) electrons. The van der Waals surface area contributed by atoms with Gasteiger partial charge in [-0.25, -0.2) is 0 Å². The highest BCUT2D eigenvalue weighted by Gasteiger charge is 2.54. The Morgan fingerprint density at radius 2 is 0.753 bits per heavy atom. The van der Waals surface area contributed by atoms with Crippen LogP contribution in [-0.2, 0) is 91.8 Å². The van der Waals surface area contributed by atoms with Gasteiger partial charge in [-0.3, -0.25) is 4.79 Å². The molecule has 386 valence electrons. The summed E-state index contributed by atoms with van der Waals surface area (Å²) in [7, 11) is 0. The van der Waals surface area contributed by atoms with Crippen molar-refractivity contribution < 1.29 is 62.4 Å². The quantitative estimate of drug-likeness (QED) is 0.0430. The molecule has 2 aliphatic heterocycles. The second kappa shape index (κ2) is 29.3. The van der Waals surface area contributed by atoms with Crippen molar-refractivity contribution in [3.05, 3.63) is 215 Å². The number of benzene rings is 6. The van der Waals surface area contributed by atoms with Gasteiger partial charge in [0.25, 0.3) is 0 Å². The van der Waals surface area contributed by atoms with E-state index in [0.717, 1.165) is 33.4 Å². The fourth-order valence-electron chi connectivity index (χ4n) is 8.93. The molecule has 8 rings (SSSR count). The zero-order valence-corrected chi connectivity index (χ0v) is 41.2.